The number of nitrogens with zero attached hydrogens (tertiary/aromatic N) is 3. The van der Waals surface area contributed by atoms with E-state index in [4.69, 9.17) is 20.9 Å². The highest BCUT2D eigenvalue weighted by molar-refractivity contribution is 7.99. The van der Waals surface area contributed by atoms with Crippen LogP contribution >= 0.6 is 23.4 Å². The van der Waals surface area contributed by atoms with E-state index in [9.17, 15) is 4.79 Å². The molecule has 1 amide bonds. The normalized spacial score (nSPS) is 14.8. The van der Waals surface area contributed by atoms with Crippen molar-refractivity contribution in [3.8, 4) is 17.1 Å². The summed E-state index contributed by atoms with van der Waals surface area (Å²) in [6.07, 6.45) is 2.61. The quantitative estimate of drug-likeness (QED) is 0.313. The molecule has 1 aromatic heterocycles. The van der Waals surface area contributed by atoms with E-state index in [-0.39, 0.29) is 11.8 Å². The largest absolute Gasteiger partial charge is 0.497 e. The number of hydrogen-bond donors (Lipinski definition) is 1. The summed E-state index contributed by atoms with van der Waals surface area (Å²) < 4.78 is 10.6. The first-order chi connectivity index (χ1) is 16.6. The van der Waals surface area contributed by atoms with Gasteiger partial charge in [-0.25, -0.2) is 0 Å². The SMILES string of the molecule is COc1ccc(-c2noc(CN3CCC(C(=O)NCCCSc4ccc(Cl)cc4)CC3)n2)cc1. The number of nitrogens with one attached hydrogen (secondary N) is 1. The van der Waals surface area contributed by atoms with E-state index in [0.29, 0.717) is 24.8 Å². The number of piperidine rings is 1. The van der Waals surface area contributed by atoms with Gasteiger partial charge >= 0.3 is 0 Å². The minimum atomic E-state index is 0.0673. The number of amides is 1. The highest BCUT2D eigenvalue weighted by atomic mass is 35.5. The van der Waals surface area contributed by atoms with Crippen LogP contribution in [0.3, 0.4) is 0 Å². The van der Waals surface area contributed by atoms with Crippen LogP contribution in [0.1, 0.15) is 25.2 Å². The van der Waals surface area contributed by atoms with E-state index < -0.39 is 0 Å². The van der Waals surface area contributed by atoms with Crippen LogP contribution in [0.15, 0.2) is 57.9 Å². The molecule has 34 heavy (non-hydrogen) atoms. The van der Waals surface area contributed by atoms with E-state index in [2.05, 4.69) is 20.4 Å². The zero-order chi connectivity index (χ0) is 23.8. The average Bonchev–Trinajstić information content (AvgIpc) is 3.34. The number of aromatic nitrogens is 2. The number of thioether (sulfide) groups is 1. The van der Waals surface area contributed by atoms with Crippen LogP contribution in [0, 0.1) is 5.92 Å². The van der Waals surface area contributed by atoms with Gasteiger partial charge in [0, 0.05) is 27.9 Å². The molecule has 4 rings (SSSR count). The van der Waals surface area contributed by atoms with Crippen molar-refractivity contribution in [2.75, 3.05) is 32.5 Å². The Morgan fingerprint density at radius 2 is 1.91 bits per heavy atom. The first kappa shape index (κ1) is 24.6. The van der Waals surface area contributed by atoms with Gasteiger partial charge in [-0.15, -0.1) is 11.8 Å². The molecule has 180 valence electrons. The fraction of sp³-hybridized carbons (Fsp3) is 0.400. The summed E-state index contributed by atoms with van der Waals surface area (Å²) in [6.45, 7) is 2.98. The zero-order valence-corrected chi connectivity index (χ0v) is 20.8. The molecule has 1 fully saturated rings. The molecule has 7 nitrogen and oxygen atoms in total. The molecule has 1 N–H and O–H groups in total. The Labute approximate surface area is 209 Å². The smallest absolute Gasteiger partial charge is 0.241 e. The Kier molecular flexibility index (Phi) is 8.85. The van der Waals surface area contributed by atoms with Gasteiger partial charge in [0.25, 0.3) is 0 Å². The van der Waals surface area contributed by atoms with Gasteiger partial charge in [-0.05, 0) is 86.6 Å². The molecule has 1 aliphatic heterocycles. The van der Waals surface area contributed by atoms with Gasteiger partial charge in [-0.3, -0.25) is 9.69 Å². The summed E-state index contributed by atoms with van der Waals surface area (Å²) in [7, 11) is 1.64. The molecule has 0 saturated carbocycles. The topological polar surface area (TPSA) is 80.5 Å². The Hall–Kier alpha value is -2.55. The molecule has 0 atom stereocenters. The van der Waals surface area contributed by atoms with Gasteiger partial charge in [-0.1, -0.05) is 16.8 Å². The van der Waals surface area contributed by atoms with Gasteiger partial charge < -0.3 is 14.6 Å². The molecule has 9 heteroatoms. The second-order valence-corrected chi connectivity index (χ2v) is 9.84. The van der Waals surface area contributed by atoms with Crippen molar-refractivity contribution in [2.24, 2.45) is 5.92 Å². The molecule has 0 spiro atoms. The first-order valence-electron chi connectivity index (χ1n) is 11.5. The molecule has 0 radical (unpaired) electrons. The van der Waals surface area contributed by atoms with Crippen LogP contribution in [-0.2, 0) is 11.3 Å². The molecular formula is C25H29ClN4O3S. The second-order valence-electron chi connectivity index (χ2n) is 8.24. The number of hydrogen-bond acceptors (Lipinski definition) is 7. The maximum Gasteiger partial charge on any atom is 0.241 e. The summed E-state index contributed by atoms with van der Waals surface area (Å²) in [5, 5.41) is 7.95. The molecule has 0 bridgehead atoms. The van der Waals surface area contributed by atoms with Crippen molar-refractivity contribution < 1.29 is 14.1 Å². The van der Waals surface area contributed by atoms with Crippen LogP contribution in [0.5, 0.6) is 5.75 Å². The van der Waals surface area contributed by atoms with Crippen LogP contribution < -0.4 is 10.1 Å². The summed E-state index contributed by atoms with van der Waals surface area (Å²) in [4.78, 5) is 20.5. The summed E-state index contributed by atoms with van der Waals surface area (Å²) in [6, 6.07) is 15.4. The molecule has 0 unspecified atom stereocenters. The van der Waals surface area contributed by atoms with Gasteiger partial charge in [0.1, 0.15) is 5.75 Å². The third-order valence-electron chi connectivity index (χ3n) is 5.84. The molecule has 2 aromatic carbocycles. The predicted molar refractivity (Wildman–Crippen MR) is 134 cm³/mol. The summed E-state index contributed by atoms with van der Waals surface area (Å²) >= 11 is 7.69. The highest BCUT2D eigenvalue weighted by Gasteiger charge is 2.25. The van der Waals surface area contributed by atoms with Gasteiger partial charge in [-0.2, -0.15) is 4.98 Å². The number of ether oxygens (including phenoxy) is 1. The van der Waals surface area contributed by atoms with Crippen molar-refractivity contribution in [2.45, 2.75) is 30.7 Å². The van der Waals surface area contributed by atoms with Crippen molar-refractivity contribution >= 4 is 29.3 Å². The number of likely N-dealkylation sites (tertiary alicyclic amines) is 1. The lowest BCUT2D eigenvalue weighted by atomic mass is 9.96. The van der Waals surface area contributed by atoms with E-state index in [0.717, 1.165) is 54.4 Å². The monoisotopic (exact) mass is 500 g/mol. The lowest BCUT2D eigenvalue weighted by molar-refractivity contribution is -0.126. The summed E-state index contributed by atoms with van der Waals surface area (Å²) in [5.74, 6) is 3.14. The minimum Gasteiger partial charge on any atom is -0.497 e. The van der Waals surface area contributed by atoms with Gasteiger partial charge in [0.05, 0.1) is 13.7 Å². The second kappa shape index (κ2) is 12.2. The van der Waals surface area contributed by atoms with Crippen molar-refractivity contribution in [1.29, 1.82) is 0 Å². The van der Waals surface area contributed by atoms with E-state index in [1.54, 1.807) is 18.9 Å². The fourth-order valence-corrected chi connectivity index (χ4v) is 4.85. The van der Waals surface area contributed by atoms with E-state index in [1.165, 1.54) is 4.90 Å². The zero-order valence-electron chi connectivity index (χ0n) is 19.2. The molecule has 0 aliphatic carbocycles. The maximum atomic E-state index is 12.5. The van der Waals surface area contributed by atoms with Gasteiger partial charge in [0.15, 0.2) is 0 Å². The van der Waals surface area contributed by atoms with Crippen LogP contribution in [0.2, 0.25) is 5.02 Å². The van der Waals surface area contributed by atoms with E-state index in [1.807, 2.05) is 48.5 Å². The van der Waals surface area contributed by atoms with Crippen molar-refractivity contribution in [1.82, 2.24) is 20.4 Å². The highest BCUT2D eigenvalue weighted by Crippen LogP contribution is 2.23. The lowest BCUT2D eigenvalue weighted by Gasteiger charge is -2.30. The van der Waals surface area contributed by atoms with Crippen LogP contribution in [0.4, 0.5) is 0 Å². The predicted octanol–water partition coefficient (Wildman–Crippen LogP) is 4.91. The standard InChI is InChI=1S/C25H29ClN4O3S/c1-32-21-7-3-18(4-8-21)24-28-23(33-29-24)17-30-14-11-19(12-15-30)25(31)27-13-2-16-34-22-9-5-20(26)6-10-22/h3-10,19H,2,11-17H2,1H3,(H,27,31). The van der Waals surface area contributed by atoms with Crippen molar-refractivity contribution in [3.63, 3.8) is 0 Å². The maximum absolute atomic E-state index is 12.5. The Balaban J connectivity index is 1.14. The molecule has 1 saturated heterocycles. The number of carbonyl (C=O) groups excluding carboxylic acids is 1. The molecule has 2 heterocycles. The van der Waals surface area contributed by atoms with Crippen molar-refractivity contribution in [3.05, 3.63) is 59.4 Å². The molecule has 3 aromatic rings. The molecule has 1 aliphatic rings. The van der Waals surface area contributed by atoms with Crippen LogP contribution in [0.25, 0.3) is 11.4 Å². The average molecular weight is 501 g/mol. The first-order valence-corrected chi connectivity index (χ1v) is 12.8. The Bertz CT molecular complexity index is 1050. The van der Waals surface area contributed by atoms with Gasteiger partial charge in [0.2, 0.25) is 17.6 Å². The number of methoxy groups -OCH3 is 1. The fourth-order valence-electron chi connectivity index (χ4n) is 3.87. The Morgan fingerprint density at radius 1 is 1.18 bits per heavy atom. The molecular weight excluding hydrogens is 472 g/mol. The third kappa shape index (κ3) is 6.98. The number of rotatable bonds is 10. The number of carbonyl (C=O) groups is 1. The van der Waals surface area contributed by atoms with Crippen LogP contribution in [-0.4, -0.2) is 53.4 Å². The number of benzene rings is 2. The summed E-state index contributed by atoms with van der Waals surface area (Å²) in [5.41, 5.74) is 0.887. The van der Waals surface area contributed by atoms with E-state index >= 15 is 0 Å². The lowest BCUT2D eigenvalue weighted by Crippen LogP contribution is -2.40. The minimum absolute atomic E-state index is 0.0673. The Morgan fingerprint density at radius 3 is 2.62 bits per heavy atom. The third-order valence-corrected chi connectivity index (χ3v) is 7.19. The number of halogens is 1.